The molecular weight excluding hydrogens is 307 g/mol. The third-order valence-corrected chi connectivity index (χ3v) is 5.16. The highest BCUT2D eigenvalue weighted by Gasteiger charge is 2.53. The van der Waals surface area contributed by atoms with E-state index in [0.717, 1.165) is 12.5 Å². The highest BCUT2D eigenvalue weighted by atomic mass is 19.1. The maximum Gasteiger partial charge on any atom is 0.254 e. The number of aliphatic imine (C=N–C) groups is 1. The van der Waals surface area contributed by atoms with E-state index in [-0.39, 0.29) is 16.5 Å². The molecule has 5 nitrogen and oxygen atoms in total. The lowest BCUT2D eigenvalue weighted by Crippen LogP contribution is -2.72. The molecule has 1 aromatic carbocycles. The number of nitrogens with zero attached hydrogens (tertiary/aromatic N) is 2. The number of carbonyl (C=O) groups excluding carboxylic acids is 1. The summed E-state index contributed by atoms with van der Waals surface area (Å²) in [5.41, 5.74) is 0.307. The van der Waals surface area contributed by atoms with E-state index in [1.165, 1.54) is 12.1 Å². The normalized spacial score (nSPS) is 18.8. The van der Waals surface area contributed by atoms with Gasteiger partial charge in [-0.2, -0.15) is 0 Å². The fraction of sp³-hybridized carbons (Fsp3) is 0.556. The Labute approximate surface area is 143 Å². The van der Waals surface area contributed by atoms with Crippen LogP contribution in [0.2, 0.25) is 0 Å². The van der Waals surface area contributed by atoms with Crippen LogP contribution in [0.3, 0.4) is 0 Å². The molecule has 1 aliphatic rings. The highest BCUT2D eigenvalue weighted by molar-refractivity contribution is 5.94. The average molecular weight is 334 g/mol. The smallest absolute Gasteiger partial charge is 0.254 e. The predicted octanol–water partition coefficient (Wildman–Crippen LogP) is 2.25. The lowest BCUT2D eigenvalue weighted by atomic mass is 9.65. The van der Waals surface area contributed by atoms with Crippen molar-refractivity contribution in [3.8, 4) is 0 Å². The van der Waals surface area contributed by atoms with Crippen molar-refractivity contribution >= 4 is 11.9 Å². The molecule has 1 heterocycles. The maximum absolute atomic E-state index is 13.5. The Morgan fingerprint density at radius 2 is 1.83 bits per heavy atom. The summed E-state index contributed by atoms with van der Waals surface area (Å²) in [7, 11) is 1.75. The zero-order valence-electron chi connectivity index (χ0n) is 15.1. The van der Waals surface area contributed by atoms with Crippen LogP contribution in [-0.2, 0) is 0 Å². The zero-order chi connectivity index (χ0) is 18.0. The third kappa shape index (κ3) is 3.37. The van der Waals surface area contributed by atoms with Gasteiger partial charge in [-0.1, -0.05) is 26.0 Å². The number of benzene rings is 1. The molecule has 0 aromatic heterocycles. The predicted molar refractivity (Wildman–Crippen MR) is 94.7 cm³/mol. The number of amides is 1. The van der Waals surface area contributed by atoms with Gasteiger partial charge in [-0.3, -0.25) is 9.79 Å². The number of guanidine groups is 1. The van der Waals surface area contributed by atoms with Crippen molar-refractivity contribution in [1.82, 2.24) is 15.5 Å². The van der Waals surface area contributed by atoms with Crippen molar-refractivity contribution in [2.75, 3.05) is 26.7 Å². The first kappa shape index (κ1) is 18.2. The highest BCUT2D eigenvalue weighted by Crippen LogP contribution is 2.46. The van der Waals surface area contributed by atoms with Gasteiger partial charge in [0.1, 0.15) is 5.82 Å². The Hall–Kier alpha value is -2.11. The Balaban J connectivity index is 1.82. The molecule has 0 unspecified atom stereocenters. The number of hydrogen-bond donors (Lipinski definition) is 2. The fourth-order valence-electron chi connectivity index (χ4n) is 2.79. The first-order valence-electron chi connectivity index (χ1n) is 8.22. The van der Waals surface area contributed by atoms with E-state index in [1.807, 2.05) is 0 Å². The maximum atomic E-state index is 13.5. The van der Waals surface area contributed by atoms with Crippen molar-refractivity contribution in [2.24, 2.45) is 10.4 Å². The van der Waals surface area contributed by atoms with E-state index < -0.39 is 11.7 Å². The number of rotatable bonds is 4. The largest absolute Gasteiger partial charge is 0.354 e. The number of halogens is 1. The van der Waals surface area contributed by atoms with E-state index in [2.05, 4.69) is 48.2 Å². The Morgan fingerprint density at radius 3 is 2.38 bits per heavy atom. The third-order valence-electron chi connectivity index (χ3n) is 5.16. The van der Waals surface area contributed by atoms with Crippen molar-refractivity contribution in [2.45, 2.75) is 33.2 Å². The van der Waals surface area contributed by atoms with Crippen molar-refractivity contribution in [3.05, 3.63) is 35.6 Å². The van der Waals surface area contributed by atoms with Crippen LogP contribution in [-0.4, -0.2) is 49.0 Å². The van der Waals surface area contributed by atoms with E-state index in [1.54, 1.807) is 19.2 Å². The zero-order valence-corrected chi connectivity index (χ0v) is 15.1. The van der Waals surface area contributed by atoms with Crippen LogP contribution >= 0.6 is 0 Å². The molecule has 132 valence electrons. The van der Waals surface area contributed by atoms with Crippen LogP contribution in [0.4, 0.5) is 4.39 Å². The summed E-state index contributed by atoms with van der Waals surface area (Å²) < 4.78 is 13.5. The quantitative estimate of drug-likeness (QED) is 0.504. The van der Waals surface area contributed by atoms with Gasteiger partial charge in [-0.25, -0.2) is 4.39 Å². The van der Waals surface area contributed by atoms with E-state index in [0.29, 0.717) is 13.1 Å². The van der Waals surface area contributed by atoms with Gasteiger partial charge >= 0.3 is 0 Å². The van der Waals surface area contributed by atoms with Crippen LogP contribution in [0, 0.1) is 11.2 Å². The molecule has 1 aromatic rings. The number of likely N-dealkylation sites (tertiary alicyclic amines) is 1. The Kier molecular flexibility index (Phi) is 5.16. The molecule has 1 amide bonds. The number of carbonyl (C=O) groups is 1. The second kappa shape index (κ2) is 6.79. The van der Waals surface area contributed by atoms with E-state index >= 15 is 0 Å². The van der Waals surface area contributed by atoms with Crippen LogP contribution in [0.25, 0.3) is 0 Å². The van der Waals surface area contributed by atoms with Gasteiger partial charge in [0.25, 0.3) is 5.91 Å². The van der Waals surface area contributed by atoms with Gasteiger partial charge in [-0.15, -0.1) is 0 Å². The molecule has 0 radical (unpaired) electrons. The lowest BCUT2D eigenvalue weighted by molar-refractivity contribution is -0.0666. The minimum Gasteiger partial charge on any atom is -0.354 e. The van der Waals surface area contributed by atoms with Crippen molar-refractivity contribution < 1.29 is 9.18 Å². The summed E-state index contributed by atoms with van der Waals surface area (Å²) in [5.74, 6) is -0.0990. The molecule has 0 spiro atoms. The van der Waals surface area contributed by atoms with Crippen LogP contribution < -0.4 is 10.6 Å². The summed E-state index contributed by atoms with van der Waals surface area (Å²) in [6, 6.07) is 5.96. The first-order valence-corrected chi connectivity index (χ1v) is 8.22. The summed E-state index contributed by atoms with van der Waals surface area (Å²) in [6.45, 7) is 10.7. The number of nitrogens with one attached hydrogen (secondary N) is 2. The summed E-state index contributed by atoms with van der Waals surface area (Å²) in [6.07, 6.45) is 0. The molecule has 1 saturated heterocycles. The van der Waals surface area contributed by atoms with Gasteiger partial charge in [-0.05, 0) is 26.0 Å². The van der Waals surface area contributed by atoms with Crippen LogP contribution in [0.5, 0.6) is 0 Å². The monoisotopic (exact) mass is 334 g/mol. The van der Waals surface area contributed by atoms with Gasteiger partial charge in [0, 0.05) is 37.6 Å². The van der Waals surface area contributed by atoms with Gasteiger partial charge in [0.05, 0.1) is 5.56 Å². The van der Waals surface area contributed by atoms with Crippen LogP contribution in [0.1, 0.15) is 38.1 Å². The molecule has 2 rings (SSSR count). The topological polar surface area (TPSA) is 56.7 Å². The molecule has 0 aliphatic carbocycles. The second-order valence-corrected chi connectivity index (χ2v) is 7.24. The summed E-state index contributed by atoms with van der Waals surface area (Å²) in [5, 5.41) is 5.97. The first-order chi connectivity index (χ1) is 11.2. The van der Waals surface area contributed by atoms with Gasteiger partial charge in [0.15, 0.2) is 5.96 Å². The molecule has 1 fully saturated rings. The fourth-order valence-corrected chi connectivity index (χ4v) is 2.79. The molecule has 0 saturated carbocycles. The molecule has 6 heteroatoms. The molecule has 0 atom stereocenters. The molecule has 24 heavy (non-hydrogen) atoms. The van der Waals surface area contributed by atoms with E-state index in [9.17, 15) is 9.18 Å². The SMILES string of the molecule is CN=C(NCCNC(=O)c1ccccc1F)N1CC(C)(C)C1(C)C. The minimum atomic E-state index is -0.511. The average Bonchev–Trinajstić information content (AvgIpc) is 2.53. The molecule has 1 aliphatic heterocycles. The van der Waals surface area contributed by atoms with Gasteiger partial charge in [0.2, 0.25) is 0 Å². The lowest BCUT2D eigenvalue weighted by Gasteiger charge is -2.62. The Morgan fingerprint density at radius 1 is 1.21 bits per heavy atom. The second-order valence-electron chi connectivity index (χ2n) is 7.24. The van der Waals surface area contributed by atoms with Crippen molar-refractivity contribution in [1.29, 1.82) is 0 Å². The minimum absolute atomic E-state index is 0.0191. The summed E-state index contributed by atoms with van der Waals surface area (Å²) in [4.78, 5) is 18.5. The standard InChI is InChI=1S/C18H27FN4O/c1-17(2)12-23(18(17,3)4)16(20-5)22-11-10-21-15(24)13-8-6-7-9-14(13)19/h6-9H,10-12H2,1-5H3,(H,20,22)(H,21,24). The number of hydrogen-bond acceptors (Lipinski definition) is 2. The molecule has 2 N–H and O–H groups in total. The van der Waals surface area contributed by atoms with E-state index in [4.69, 9.17) is 0 Å². The van der Waals surface area contributed by atoms with Crippen LogP contribution in [0.15, 0.2) is 29.3 Å². The molecular formula is C18H27FN4O. The molecule has 0 bridgehead atoms. The van der Waals surface area contributed by atoms with Crippen molar-refractivity contribution in [3.63, 3.8) is 0 Å². The Bertz CT molecular complexity index is 640. The summed E-state index contributed by atoms with van der Waals surface area (Å²) >= 11 is 0. The van der Waals surface area contributed by atoms with Gasteiger partial charge < -0.3 is 15.5 Å².